The van der Waals surface area contributed by atoms with Gasteiger partial charge in [-0.3, -0.25) is 0 Å². The first kappa shape index (κ1) is 14.5. The molecule has 1 aromatic rings. The third kappa shape index (κ3) is 3.16. The highest BCUT2D eigenvalue weighted by atomic mass is 32.2. The fraction of sp³-hybridized carbons (Fsp3) is 0.545. The maximum atomic E-state index is 11.4. The van der Waals surface area contributed by atoms with Gasteiger partial charge in [0.05, 0.1) is 22.1 Å². The monoisotopic (exact) mass is 317 g/mol. The molecule has 19 heavy (non-hydrogen) atoms. The fourth-order valence-electron chi connectivity index (χ4n) is 2.03. The number of nitrogens with zero attached hydrogens (tertiary/aromatic N) is 1. The Morgan fingerprint density at radius 1 is 1.47 bits per heavy atom. The molecule has 0 aliphatic carbocycles. The van der Waals surface area contributed by atoms with E-state index in [1.165, 1.54) is 23.1 Å². The topological polar surface area (TPSA) is 96.0 Å². The predicted octanol–water partition coefficient (Wildman–Crippen LogP) is 1.91. The molecule has 0 radical (unpaired) electrons. The van der Waals surface area contributed by atoms with Crippen LogP contribution < -0.4 is 11.1 Å². The molecular formula is C11H15N3O2S3. The Kier molecular flexibility index (Phi) is 4.28. The van der Waals surface area contributed by atoms with Gasteiger partial charge in [-0.2, -0.15) is 5.26 Å². The Hall–Kier alpha value is -0.910. The largest absolute Gasteiger partial charge is 0.396 e. The van der Waals surface area contributed by atoms with Crippen molar-refractivity contribution in [2.45, 2.75) is 23.8 Å². The molecule has 3 N–H and O–H groups in total. The summed E-state index contributed by atoms with van der Waals surface area (Å²) in [5.74, 6) is 0.455. The average Bonchev–Trinajstić information content (AvgIpc) is 2.67. The lowest BCUT2D eigenvalue weighted by molar-refractivity contribution is 0.559. The van der Waals surface area contributed by atoms with E-state index >= 15 is 0 Å². The molecule has 0 atom stereocenters. The second-order valence-corrected chi connectivity index (χ2v) is 8.53. The van der Waals surface area contributed by atoms with Gasteiger partial charge in [0.2, 0.25) is 0 Å². The van der Waals surface area contributed by atoms with E-state index in [9.17, 15) is 8.42 Å². The zero-order chi connectivity index (χ0) is 14.0. The van der Waals surface area contributed by atoms with Gasteiger partial charge in [0.15, 0.2) is 0 Å². The SMILES string of the molecule is CSc1c(NC2CCS(=O)(=O)CC2)sc(C#N)c1N. The predicted molar refractivity (Wildman–Crippen MR) is 80.5 cm³/mol. The molecule has 1 saturated heterocycles. The highest BCUT2D eigenvalue weighted by Gasteiger charge is 2.25. The molecule has 1 aliphatic rings. The molecule has 0 aromatic carbocycles. The van der Waals surface area contributed by atoms with Crippen LogP contribution >= 0.6 is 23.1 Å². The van der Waals surface area contributed by atoms with Gasteiger partial charge in [-0.15, -0.1) is 23.1 Å². The molecule has 0 unspecified atom stereocenters. The average molecular weight is 317 g/mol. The fourth-order valence-corrected chi connectivity index (χ4v) is 5.42. The van der Waals surface area contributed by atoms with Crippen molar-refractivity contribution in [2.75, 3.05) is 28.8 Å². The number of thiophene rings is 1. The molecule has 0 bridgehead atoms. The smallest absolute Gasteiger partial charge is 0.150 e. The first-order valence-electron chi connectivity index (χ1n) is 5.80. The minimum atomic E-state index is -2.85. The van der Waals surface area contributed by atoms with Crippen molar-refractivity contribution in [3.05, 3.63) is 4.88 Å². The zero-order valence-electron chi connectivity index (χ0n) is 10.5. The third-order valence-corrected chi connectivity index (χ3v) is 6.81. The second-order valence-electron chi connectivity index (χ2n) is 4.39. The maximum absolute atomic E-state index is 11.4. The van der Waals surface area contributed by atoms with Crippen molar-refractivity contribution < 1.29 is 8.42 Å². The number of rotatable bonds is 3. The Bertz CT molecular complexity index is 602. The van der Waals surface area contributed by atoms with Gasteiger partial charge in [-0.25, -0.2) is 8.42 Å². The molecule has 5 nitrogen and oxygen atoms in total. The zero-order valence-corrected chi connectivity index (χ0v) is 12.9. The van der Waals surface area contributed by atoms with E-state index in [2.05, 4.69) is 11.4 Å². The van der Waals surface area contributed by atoms with Crippen LogP contribution in [0.25, 0.3) is 0 Å². The molecule has 2 rings (SSSR count). The van der Waals surface area contributed by atoms with Crippen LogP contribution in [0.1, 0.15) is 17.7 Å². The highest BCUT2D eigenvalue weighted by molar-refractivity contribution is 7.99. The lowest BCUT2D eigenvalue weighted by Crippen LogP contribution is -2.31. The minimum Gasteiger partial charge on any atom is -0.396 e. The van der Waals surface area contributed by atoms with Crippen molar-refractivity contribution in [3.63, 3.8) is 0 Å². The molecule has 8 heteroatoms. The Labute approximate surface area is 121 Å². The number of nitriles is 1. The van der Waals surface area contributed by atoms with Gasteiger partial charge in [0, 0.05) is 6.04 Å². The number of hydrogen-bond acceptors (Lipinski definition) is 7. The number of nitrogens with two attached hydrogens (primary N) is 1. The molecule has 1 aromatic heterocycles. The summed E-state index contributed by atoms with van der Waals surface area (Å²) in [6.07, 6.45) is 3.13. The number of anilines is 2. The number of nitrogen functional groups attached to an aromatic ring is 1. The van der Waals surface area contributed by atoms with Crippen molar-refractivity contribution in [2.24, 2.45) is 0 Å². The van der Waals surface area contributed by atoms with Crippen LogP contribution in [-0.4, -0.2) is 32.2 Å². The Morgan fingerprint density at radius 3 is 2.63 bits per heavy atom. The summed E-state index contributed by atoms with van der Waals surface area (Å²) >= 11 is 2.84. The molecule has 0 saturated carbocycles. The quantitative estimate of drug-likeness (QED) is 0.827. The normalized spacial score (nSPS) is 18.9. The van der Waals surface area contributed by atoms with E-state index in [0.29, 0.717) is 23.4 Å². The van der Waals surface area contributed by atoms with Crippen LogP contribution in [0, 0.1) is 11.3 Å². The molecule has 2 heterocycles. The maximum Gasteiger partial charge on any atom is 0.150 e. The van der Waals surface area contributed by atoms with Crippen molar-refractivity contribution in [1.82, 2.24) is 0 Å². The van der Waals surface area contributed by atoms with E-state index in [4.69, 9.17) is 11.0 Å². The summed E-state index contributed by atoms with van der Waals surface area (Å²) in [5, 5.41) is 13.2. The highest BCUT2D eigenvalue weighted by Crippen LogP contribution is 2.42. The number of hydrogen-bond donors (Lipinski definition) is 2. The number of sulfone groups is 1. The van der Waals surface area contributed by atoms with Crippen molar-refractivity contribution in [3.8, 4) is 6.07 Å². The lowest BCUT2D eigenvalue weighted by atomic mass is 10.1. The van der Waals surface area contributed by atoms with Crippen LogP contribution in [-0.2, 0) is 9.84 Å². The van der Waals surface area contributed by atoms with Crippen molar-refractivity contribution in [1.29, 1.82) is 5.26 Å². The standard InChI is InChI=1S/C11H15N3O2S3/c1-17-10-9(13)8(6-12)18-11(10)14-7-2-4-19(15,16)5-3-7/h7,14H,2-5,13H2,1H3. The van der Waals surface area contributed by atoms with Crippen LogP contribution in [0.15, 0.2) is 4.90 Å². The summed E-state index contributed by atoms with van der Waals surface area (Å²) in [6.45, 7) is 0. The molecule has 104 valence electrons. The number of nitrogens with one attached hydrogen (secondary N) is 1. The van der Waals surface area contributed by atoms with Gasteiger partial charge in [0.1, 0.15) is 25.8 Å². The first-order chi connectivity index (χ1) is 8.96. The van der Waals surface area contributed by atoms with E-state index in [0.717, 1.165) is 9.90 Å². The lowest BCUT2D eigenvalue weighted by Gasteiger charge is -2.23. The van der Waals surface area contributed by atoms with E-state index in [1.54, 1.807) is 0 Å². The second kappa shape index (κ2) is 5.61. The Balaban J connectivity index is 2.14. The van der Waals surface area contributed by atoms with Gasteiger partial charge < -0.3 is 11.1 Å². The molecule has 1 aliphatic heterocycles. The molecule has 1 fully saturated rings. The van der Waals surface area contributed by atoms with E-state index < -0.39 is 9.84 Å². The molecule has 0 amide bonds. The third-order valence-electron chi connectivity index (χ3n) is 3.10. The van der Waals surface area contributed by atoms with E-state index in [-0.39, 0.29) is 17.5 Å². The number of thioether (sulfide) groups is 1. The van der Waals surface area contributed by atoms with E-state index in [1.807, 2.05) is 6.26 Å². The summed E-state index contributed by atoms with van der Waals surface area (Å²) in [5.41, 5.74) is 6.42. The van der Waals surface area contributed by atoms with Gasteiger partial charge >= 0.3 is 0 Å². The first-order valence-corrected chi connectivity index (χ1v) is 9.66. The van der Waals surface area contributed by atoms with Gasteiger partial charge in [-0.1, -0.05) is 0 Å². The van der Waals surface area contributed by atoms with Crippen LogP contribution in [0.2, 0.25) is 0 Å². The summed E-state index contributed by atoms with van der Waals surface area (Å²) in [4.78, 5) is 1.39. The Morgan fingerprint density at radius 2 is 2.11 bits per heavy atom. The van der Waals surface area contributed by atoms with Crippen molar-refractivity contribution >= 4 is 43.6 Å². The van der Waals surface area contributed by atoms with Crippen LogP contribution in [0.5, 0.6) is 0 Å². The minimum absolute atomic E-state index is 0.138. The van der Waals surface area contributed by atoms with Crippen LogP contribution in [0.3, 0.4) is 0 Å². The van der Waals surface area contributed by atoms with Gasteiger partial charge in [-0.05, 0) is 19.1 Å². The molecule has 0 spiro atoms. The van der Waals surface area contributed by atoms with Crippen LogP contribution in [0.4, 0.5) is 10.7 Å². The van der Waals surface area contributed by atoms with Gasteiger partial charge in [0.25, 0.3) is 0 Å². The summed E-state index contributed by atoms with van der Waals surface area (Å²) in [6, 6.07) is 2.22. The molecular weight excluding hydrogens is 302 g/mol. The summed E-state index contributed by atoms with van der Waals surface area (Å²) < 4.78 is 22.8. The summed E-state index contributed by atoms with van der Waals surface area (Å²) in [7, 11) is -2.85.